The molecular weight excluding hydrogens is 475 g/mol. The summed E-state index contributed by atoms with van der Waals surface area (Å²) in [6.07, 6.45) is 2.48. The third kappa shape index (κ3) is 6.49. The molecule has 0 aliphatic rings. The first-order valence-electron chi connectivity index (χ1n) is 9.49. The highest BCUT2D eigenvalue weighted by molar-refractivity contribution is 7.90. The number of aromatic nitrogens is 3. The molecule has 0 atom stereocenters. The lowest BCUT2D eigenvalue weighted by Gasteiger charge is -2.12. The molecule has 2 heterocycles. The number of halogens is 2. The summed E-state index contributed by atoms with van der Waals surface area (Å²) in [7, 11) is -2.31. The van der Waals surface area contributed by atoms with E-state index in [1.165, 1.54) is 31.5 Å². The summed E-state index contributed by atoms with van der Waals surface area (Å²) in [6, 6.07) is 8.37. The second kappa shape index (κ2) is 10.4. The quantitative estimate of drug-likeness (QED) is 0.303. The van der Waals surface area contributed by atoms with Crippen molar-refractivity contribution in [1.82, 2.24) is 20.3 Å². The standard InChI is InChI=1S/C20H20ClFN6O4S/c1-32-19-13(4-3-7-25-19)18(29)24-9-8-23-16-11-17(28-20(27-16)33(2,30)31)26-15-6-5-12(22)10-14(15)21/h3-7,10-11H,8-9H2,1-2H3,(H,24,29)(H2,23,26,27,28). The van der Waals surface area contributed by atoms with E-state index in [0.717, 1.165) is 12.3 Å². The van der Waals surface area contributed by atoms with E-state index in [0.29, 0.717) is 5.69 Å². The number of nitrogens with zero attached hydrogens (tertiary/aromatic N) is 3. The maximum atomic E-state index is 13.3. The Morgan fingerprint density at radius 2 is 1.91 bits per heavy atom. The Bertz CT molecular complexity index is 1280. The number of ether oxygens (including phenoxy) is 1. The van der Waals surface area contributed by atoms with Gasteiger partial charge in [-0.15, -0.1) is 0 Å². The molecule has 0 radical (unpaired) electrons. The summed E-state index contributed by atoms with van der Waals surface area (Å²) < 4.78 is 42.4. The molecule has 0 spiro atoms. The van der Waals surface area contributed by atoms with Gasteiger partial charge in [-0.2, -0.15) is 0 Å². The van der Waals surface area contributed by atoms with Crippen molar-refractivity contribution in [1.29, 1.82) is 0 Å². The molecule has 2 aromatic heterocycles. The Balaban J connectivity index is 1.70. The van der Waals surface area contributed by atoms with Crippen molar-refractivity contribution in [3.8, 4) is 5.88 Å². The average Bonchev–Trinajstić information content (AvgIpc) is 2.77. The van der Waals surface area contributed by atoms with Crippen LogP contribution in [0.1, 0.15) is 10.4 Å². The molecule has 33 heavy (non-hydrogen) atoms. The SMILES string of the molecule is COc1ncccc1C(=O)NCCNc1cc(Nc2ccc(F)cc2Cl)nc(S(C)(=O)=O)n1. The second-order valence-corrected chi connectivity index (χ2v) is 9.00. The summed E-state index contributed by atoms with van der Waals surface area (Å²) in [5.74, 6) is -0.371. The second-order valence-electron chi connectivity index (χ2n) is 6.69. The maximum Gasteiger partial charge on any atom is 0.256 e. The number of hydrogen-bond donors (Lipinski definition) is 3. The van der Waals surface area contributed by atoms with Gasteiger partial charge in [0.05, 0.1) is 17.8 Å². The monoisotopic (exact) mass is 494 g/mol. The third-order valence-corrected chi connectivity index (χ3v) is 5.32. The van der Waals surface area contributed by atoms with Crippen LogP contribution in [0.2, 0.25) is 5.02 Å². The number of sulfone groups is 1. The van der Waals surface area contributed by atoms with Gasteiger partial charge < -0.3 is 20.7 Å². The summed E-state index contributed by atoms with van der Waals surface area (Å²) in [4.78, 5) is 24.3. The van der Waals surface area contributed by atoms with Gasteiger partial charge in [-0.3, -0.25) is 4.79 Å². The lowest BCUT2D eigenvalue weighted by Crippen LogP contribution is -2.29. The molecule has 0 saturated carbocycles. The number of carbonyl (C=O) groups is 1. The van der Waals surface area contributed by atoms with Crippen LogP contribution in [0.25, 0.3) is 0 Å². The number of rotatable bonds is 9. The van der Waals surface area contributed by atoms with E-state index in [9.17, 15) is 17.6 Å². The minimum atomic E-state index is -3.73. The first-order valence-corrected chi connectivity index (χ1v) is 11.8. The minimum Gasteiger partial charge on any atom is -0.480 e. The summed E-state index contributed by atoms with van der Waals surface area (Å²) in [6.45, 7) is 0.424. The fourth-order valence-electron chi connectivity index (χ4n) is 2.66. The smallest absolute Gasteiger partial charge is 0.256 e. The normalized spacial score (nSPS) is 11.0. The minimum absolute atomic E-state index is 0.0950. The van der Waals surface area contributed by atoms with Gasteiger partial charge in [0, 0.05) is 31.6 Å². The van der Waals surface area contributed by atoms with E-state index in [-0.39, 0.29) is 47.1 Å². The molecule has 0 unspecified atom stereocenters. The number of amides is 1. The average molecular weight is 495 g/mol. The molecule has 3 aromatic rings. The van der Waals surface area contributed by atoms with Gasteiger partial charge in [-0.05, 0) is 30.3 Å². The summed E-state index contributed by atoms with van der Waals surface area (Å²) >= 11 is 6.02. The predicted molar refractivity (Wildman–Crippen MR) is 121 cm³/mol. The number of benzene rings is 1. The number of carbonyl (C=O) groups excluding carboxylic acids is 1. The Labute approximate surface area is 194 Å². The van der Waals surface area contributed by atoms with E-state index < -0.39 is 20.8 Å². The van der Waals surface area contributed by atoms with Crippen LogP contribution >= 0.6 is 11.6 Å². The van der Waals surface area contributed by atoms with Crippen molar-refractivity contribution in [3.63, 3.8) is 0 Å². The largest absolute Gasteiger partial charge is 0.480 e. The number of hydrogen-bond acceptors (Lipinski definition) is 9. The zero-order chi connectivity index (χ0) is 24.0. The maximum absolute atomic E-state index is 13.3. The molecule has 1 aromatic carbocycles. The van der Waals surface area contributed by atoms with Crippen LogP contribution in [-0.4, -0.2) is 55.7 Å². The van der Waals surface area contributed by atoms with Gasteiger partial charge in [0.25, 0.3) is 11.1 Å². The Hall–Kier alpha value is -3.51. The van der Waals surface area contributed by atoms with E-state index in [1.54, 1.807) is 12.1 Å². The molecule has 0 saturated heterocycles. The number of nitrogens with one attached hydrogen (secondary N) is 3. The van der Waals surface area contributed by atoms with Gasteiger partial charge in [0.1, 0.15) is 23.0 Å². The predicted octanol–water partition coefficient (Wildman–Crippen LogP) is 2.66. The first kappa shape index (κ1) is 24.1. The van der Waals surface area contributed by atoms with E-state index in [2.05, 4.69) is 30.9 Å². The number of anilines is 3. The summed E-state index contributed by atoms with van der Waals surface area (Å²) in [5, 5.41) is 8.16. The van der Waals surface area contributed by atoms with Crippen LogP contribution in [0.4, 0.5) is 21.7 Å². The van der Waals surface area contributed by atoms with Crippen LogP contribution in [0.3, 0.4) is 0 Å². The molecule has 3 N–H and O–H groups in total. The third-order valence-electron chi connectivity index (χ3n) is 4.16. The zero-order valence-electron chi connectivity index (χ0n) is 17.6. The number of methoxy groups -OCH3 is 1. The van der Waals surface area contributed by atoms with Gasteiger partial charge in [-0.25, -0.2) is 27.8 Å². The molecule has 0 aliphatic carbocycles. The Morgan fingerprint density at radius 1 is 1.15 bits per heavy atom. The van der Waals surface area contributed by atoms with Crippen molar-refractivity contribution >= 4 is 44.7 Å². The Morgan fingerprint density at radius 3 is 2.61 bits per heavy atom. The molecule has 174 valence electrons. The highest BCUT2D eigenvalue weighted by Crippen LogP contribution is 2.26. The van der Waals surface area contributed by atoms with Gasteiger partial charge >= 0.3 is 0 Å². The van der Waals surface area contributed by atoms with Crippen LogP contribution in [0, 0.1) is 5.82 Å². The van der Waals surface area contributed by atoms with Crippen molar-refractivity contribution in [3.05, 3.63) is 59.0 Å². The molecule has 0 fully saturated rings. The fourth-order valence-corrected chi connectivity index (χ4v) is 3.41. The lowest BCUT2D eigenvalue weighted by atomic mass is 10.2. The van der Waals surface area contributed by atoms with Gasteiger partial charge in [0.2, 0.25) is 15.7 Å². The fraction of sp³-hybridized carbons (Fsp3) is 0.200. The first-order chi connectivity index (χ1) is 15.7. The van der Waals surface area contributed by atoms with E-state index in [4.69, 9.17) is 16.3 Å². The summed E-state index contributed by atoms with van der Waals surface area (Å²) in [5.41, 5.74) is 0.615. The van der Waals surface area contributed by atoms with Crippen LogP contribution in [0.5, 0.6) is 5.88 Å². The molecular formula is C20H20ClFN6O4S. The topological polar surface area (TPSA) is 135 Å². The van der Waals surface area contributed by atoms with Crippen molar-refractivity contribution in [2.24, 2.45) is 0 Å². The van der Waals surface area contributed by atoms with Gasteiger partial charge in [0.15, 0.2) is 0 Å². The van der Waals surface area contributed by atoms with E-state index >= 15 is 0 Å². The highest BCUT2D eigenvalue weighted by atomic mass is 35.5. The van der Waals surface area contributed by atoms with E-state index in [1.807, 2.05) is 0 Å². The Kier molecular flexibility index (Phi) is 7.61. The van der Waals surface area contributed by atoms with Crippen LogP contribution in [0.15, 0.2) is 47.8 Å². The number of pyridine rings is 1. The zero-order valence-corrected chi connectivity index (χ0v) is 19.2. The van der Waals surface area contributed by atoms with Crippen LogP contribution < -0.4 is 20.7 Å². The lowest BCUT2D eigenvalue weighted by molar-refractivity contribution is 0.0951. The molecule has 10 nitrogen and oxygen atoms in total. The highest BCUT2D eigenvalue weighted by Gasteiger charge is 2.16. The molecule has 1 amide bonds. The molecule has 3 rings (SSSR count). The van der Waals surface area contributed by atoms with Gasteiger partial charge in [-0.1, -0.05) is 11.6 Å². The molecule has 13 heteroatoms. The molecule has 0 bridgehead atoms. The van der Waals surface area contributed by atoms with Crippen molar-refractivity contribution in [2.45, 2.75) is 5.16 Å². The van der Waals surface area contributed by atoms with Crippen LogP contribution in [-0.2, 0) is 9.84 Å². The van der Waals surface area contributed by atoms with Crippen molar-refractivity contribution < 1.29 is 22.3 Å². The molecule has 0 aliphatic heterocycles. The van der Waals surface area contributed by atoms with Crippen molar-refractivity contribution in [2.75, 3.05) is 37.1 Å².